The number of rotatable bonds is 3. The van der Waals surface area contributed by atoms with Gasteiger partial charge in [-0.05, 0) is 6.07 Å². The topological polar surface area (TPSA) is 37.3 Å². The summed E-state index contributed by atoms with van der Waals surface area (Å²) in [6.45, 7) is 0. The van der Waals surface area contributed by atoms with Crippen LogP contribution in [0.1, 0.15) is 17.6 Å². The molecule has 15 heavy (non-hydrogen) atoms. The van der Waals surface area contributed by atoms with E-state index in [1.54, 1.807) is 0 Å². The molecule has 0 saturated heterocycles. The first-order chi connectivity index (χ1) is 6.85. The maximum absolute atomic E-state index is 12.9. The number of hydrogen-bond acceptors (Lipinski definition) is 1. The molecule has 0 aliphatic carbocycles. The molecule has 0 aliphatic heterocycles. The maximum atomic E-state index is 12.9. The van der Waals surface area contributed by atoms with Gasteiger partial charge in [0.1, 0.15) is 0 Å². The molecule has 0 spiro atoms. The summed E-state index contributed by atoms with van der Waals surface area (Å²) in [5.74, 6) is -6.51. The smallest absolute Gasteiger partial charge is 0.379 e. The van der Waals surface area contributed by atoms with Crippen LogP contribution in [0.15, 0.2) is 24.3 Å². The predicted octanol–water partition coefficient (Wildman–Crippen LogP) is 2.80. The molecule has 0 bridgehead atoms. The number of carboxylic acids is 1. The number of hydrogen-bond donors (Lipinski definition) is 1. The minimum atomic E-state index is -4.15. The summed E-state index contributed by atoms with van der Waals surface area (Å²) in [6, 6.07) is 3.19. The van der Waals surface area contributed by atoms with E-state index in [1.807, 2.05) is 0 Å². The highest BCUT2D eigenvalue weighted by Crippen LogP contribution is 2.30. The largest absolute Gasteiger partial charge is 0.477 e. The van der Waals surface area contributed by atoms with Crippen molar-refractivity contribution in [3.8, 4) is 0 Å². The minimum Gasteiger partial charge on any atom is -0.477 e. The number of carboxylic acid groups (broad SMARTS) is 1. The second kappa shape index (κ2) is 3.88. The lowest BCUT2D eigenvalue weighted by Gasteiger charge is -2.12. The highest BCUT2D eigenvalue weighted by Gasteiger charge is 2.41. The molecule has 1 rings (SSSR count). The van der Waals surface area contributed by atoms with Crippen molar-refractivity contribution < 1.29 is 27.5 Å². The Kier molecular flexibility index (Phi) is 2.97. The first-order valence-corrected chi connectivity index (χ1v) is 3.85. The van der Waals surface area contributed by atoms with Crippen LogP contribution >= 0.6 is 0 Å². The summed E-state index contributed by atoms with van der Waals surface area (Å²) in [6.07, 6.45) is -2.91. The van der Waals surface area contributed by atoms with E-state index < -0.39 is 29.4 Å². The zero-order valence-electron chi connectivity index (χ0n) is 7.25. The molecule has 0 unspecified atom stereocenters. The van der Waals surface area contributed by atoms with E-state index in [-0.39, 0.29) is 0 Å². The molecule has 1 N–H and O–H groups in total. The molecule has 0 aromatic heterocycles. The zero-order chi connectivity index (χ0) is 11.6. The van der Waals surface area contributed by atoms with Crippen LogP contribution in [0.25, 0.3) is 0 Å². The fraction of sp³-hybridized carbons (Fsp3) is 0.222. The Morgan fingerprint density at radius 3 is 2.40 bits per heavy atom. The second-order valence-electron chi connectivity index (χ2n) is 2.81. The van der Waals surface area contributed by atoms with Crippen LogP contribution < -0.4 is 0 Å². The molecule has 6 heteroatoms. The van der Waals surface area contributed by atoms with Gasteiger partial charge >= 0.3 is 11.9 Å². The van der Waals surface area contributed by atoms with E-state index in [1.165, 1.54) is 0 Å². The van der Waals surface area contributed by atoms with Crippen LogP contribution in [-0.4, -0.2) is 11.1 Å². The van der Waals surface area contributed by atoms with Gasteiger partial charge in [-0.2, -0.15) is 8.78 Å². The van der Waals surface area contributed by atoms with E-state index in [0.29, 0.717) is 6.07 Å². The first kappa shape index (κ1) is 11.5. The first-order valence-electron chi connectivity index (χ1n) is 3.85. The van der Waals surface area contributed by atoms with Crippen LogP contribution in [0.2, 0.25) is 0 Å². The summed E-state index contributed by atoms with van der Waals surface area (Å²) in [4.78, 5) is 10.2. The van der Waals surface area contributed by atoms with Crippen molar-refractivity contribution in [2.75, 3.05) is 0 Å². The molecule has 0 fully saturated rings. The standard InChI is InChI=1S/C9H6F4O2/c10-7(11)5-2-1-3-6(4-5)9(12,13)8(14)15/h1-4,7H,(H,14,15). The van der Waals surface area contributed by atoms with Gasteiger partial charge in [-0.3, -0.25) is 0 Å². The minimum absolute atomic E-state index is 0.485. The fourth-order valence-electron chi connectivity index (χ4n) is 0.993. The molecular weight excluding hydrogens is 216 g/mol. The average Bonchev–Trinajstić information content (AvgIpc) is 2.17. The fourth-order valence-corrected chi connectivity index (χ4v) is 0.993. The van der Waals surface area contributed by atoms with E-state index >= 15 is 0 Å². The summed E-state index contributed by atoms with van der Waals surface area (Å²) < 4.78 is 50.0. The molecule has 82 valence electrons. The zero-order valence-corrected chi connectivity index (χ0v) is 7.25. The summed E-state index contributed by atoms with van der Waals surface area (Å²) in [5, 5.41) is 8.19. The number of carbonyl (C=O) groups is 1. The van der Waals surface area contributed by atoms with E-state index in [9.17, 15) is 22.4 Å². The average molecular weight is 222 g/mol. The summed E-state index contributed by atoms with van der Waals surface area (Å²) in [5.41, 5.74) is -1.58. The Morgan fingerprint density at radius 1 is 1.33 bits per heavy atom. The van der Waals surface area contributed by atoms with Gasteiger partial charge in [0.05, 0.1) is 0 Å². The van der Waals surface area contributed by atoms with Crippen molar-refractivity contribution in [3.05, 3.63) is 35.4 Å². The molecule has 1 aromatic rings. The number of halogens is 4. The molecule has 0 amide bonds. The van der Waals surface area contributed by atoms with Crippen molar-refractivity contribution in [3.63, 3.8) is 0 Å². The lowest BCUT2D eigenvalue weighted by atomic mass is 10.1. The molecule has 1 aromatic carbocycles. The van der Waals surface area contributed by atoms with Crippen molar-refractivity contribution in [1.82, 2.24) is 0 Å². The number of aliphatic carboxylic acids is 1. The maximum Gasteiger partial charge on any atom is 0.379 e. The third-order valence-electron chi connectivity index (χ3n) is 1.77. The highest BCUT2D eigenvalue weighted by atomic mass is 19.3. The van der Waals surface area contributed by atoms with E-state index in [4.69, 9.17) is 5.11 Å². The van der Waals surface area contributed by atoms with Gasteiger partial charge in [0.15, 0.2) is 0 Å². The Labute approximate surface area is 82.1 Å². The Morgan fingerprint density at radius 2 is 1.93 bits per heavy atom. The van der Waals surface area contributed by atoms with Crippen molar-refractivity contribution >= 4 is 5.97 Å². The SMILES string of the molecule is O=C(O)C(F)(F)c1cccc(C(F)F)c1. The van der Waals surface area contributed by atoms with Gasteiger partial charge in [0, 0.05) is 11.1 Å². The van der Waals surface area contributed by atoms with Gasteiger partial charge in [0.2, 0.25) is 0 Å². The van der Waals surface area contributed by atoms with Gasteiger partial charge < -0.3 is 5.11 Å². The Bertz CT molecular complexity index is 376. The third-order valence-corrected chi connectivity index (χ3v) is 1.77. The van der Waals surface area contributed by atoms with Crippen LogP contribution in [0.5, 0.6) is 0 Å². The monoisotopic (exact) mass is 222 g/mol. The molecular formula is C9H6F4O2. The van der Waals surface area contributed by atoms with Crippen molar-refractivity contribution in [2.24, 2.45) is 0 Å². The van der Waals surface area contributed by atoms with Gasteiger partial charge in [-0.15, -0.1) is 0 Å². The van der Waals surface area contributed by atoms with Crippen molar-refractivity contribution in [1.29, 1.82) is 0 Å². The van der Waals surface area contributed by atoms with Gasteiger partial charge in [-0.25, -0.2) is 13.6 Å². The lowest BCUT2D eigenvalue weighted by Crippen LogP contribution is -2.25. The predicted molar refractivity (Wildman–Crippen MR) is 42.9 cm³/mol. The van der Waals surface area contributed by atoms with Crippen LogP contribution in [0.4, 0.5) is 17.6 Å². The van der Waals surface area contributed by atoms with Gasteiger partial charge in [-0.1, -0.05) is 18.2 Å². The highest BCUT2D eigenvalue weighted by molar-refractivity contribution is 5.77. The molecule has 0 aliphatic rings. The summed E-state index contributed by atoms with van der Waals surface area (Å²) >= 11 is 0. The second-order valence-corrected chi connectivity index (χ2v) is 2.81. The quantitative estimate of drug-likeness (QED) is 0.798. The van der Waals surface area contributed by atoms with E-state index in [0.717, 1.165) is 18.2 Å². The lowest BCUT2D eigenvalue weighted by molar-refractivity contribution is -0.166. The molecule has 0 heterocycles. The molecule has 0 radical (unpaired) electrons. The molecule has 2 nitrogen and oxygen atoms in total. The third kappa shape index (κ3) is 2.26. The van der Waals surface area contributed by atoms with Crippen LogP contribution in [-0.2, 0) is 10.7 Å². The van der Waals surface area contributed by atoms with E-state index in [2.05, 4.69) is 0 Å². The number of alkyl halides is 4. The van der Waals surface area contributed by atoms with Crippen LogP contribution in [0, 0.1) is 0 Å². The Hall–Kier alpha value is -1.59. The van der Waals surface area contributed by atoms with Gasteiger partial charge in [0.25, 0.3) is 6.43 Å². The molecule has 0 saturated carbocycles. The normalized spacial score (nSPS) is 11.8. The Balaban J connectivity index is 3.16. The van der Waals surface area contributed by atoms with Crippen molar-refractivity contribution in [2.45, 2.75) is 12.3 Å². The summed E-state index contributed by atoms with van der Waals surface area (Å²) in [7, 11) is 0. The van der Waals surface area contributed by atoms with Crippen LogP contribution in [0.3, 0.4) is 0 Å². The molecule has 0 atom stereocenters. The number of benzene rings is 1.